The second-order valence-corrected chi connectivity index (χ2v) is 10.2. The Morgan fingerprint density at radius 3 is 1.93 bits per heavy atom. The maximum absolute atomic E-state index is 2.26. The van der Waals surface area contributed by atoms with E-state index in [1.165, 1.54) is 60.9 Å². The second kappa shape index (κ2) is 6.97. The van der Waals surface area contributed by atoms with Crippen molar-refractivity contribution in [2.75, 3.05) is 28.8 Å². The highest BCUT2D eigenvalue weighted by Crippen LogP contribution is 2.53. The van der Waals surface area contributed by atoms with Gasteiger partial charge in [0, 0.05) is 0 Å². The molecule has 0 aliphatic carbocycles. The first-order chi connectivity index (χ1) is 7.41. The summed E-state index contributed by atoms with van der Waals surface area (Å²) in [6, 6.07) is 0. The molecule has 88 valence electrons. The lowest BCUT2D eigenvalue weighted by atomic mass is 10.3. The molecule has 2 heterocycles. The van der Waals surface area contributed by atoms with Gasteiger partial charge in [-0.3, -0.25) is 0 Å². The van der Waals surface area contributed by atoms with Crippen LogP contribution in [-0.2, 0) is 0 Å². The van der Waals surface area contributed by atoms with E-state index in [2.05, 4.69) is 47.0 Å². The van der Waals surface area contributed by atoms with Gasteiger partial charge in [0.15, 0.2) is 0 Å². The molecule has 2 fully saturated rings. The van der Waals surface area contributed by atoms with Crippen LogP contribution in [0.3, 0.4) is 0 Å². The Labute approximate surface area is 111 Å². The average Bonchev–Trinajstić information content (AvgIpc) is 2.29. The summed E-state index contributed by atoms with van der Waals surface area (Å²) in [6.45, 7) is 0. The lowest BCUT2D eigenvalue weighted by molar-refractivity contribution is 0.746. The fourth-order valence-electron chi connectivity index (χ4n) is 1.89. The first-order valence-electron chi connectivity index (χ1n) is 5.91. The summed E-state index contributed by atoms with van der Waals surface area (Å²) in [7, 11) is 0. The third kappa shape index (κ3) is 4.29. The summed E-state index contributed by atoms with van der Waals surface area (Å²) >= 11 is 8.90. The van der Waals surface area contributed by atoms with Gasteiger partial charge < -0.3 is 0 Å². The zero-order valence-corrected chi connectivity index (χ0v) is 12.5. The van der Waals surface area contributed by atoms with Gasteiger partial charge >= 0.3 is 0 Å². The molecular formula is C11H20S4. The van der Waals surface area contributed by atoms with E-state index in [-0.39, 0.29) is 0 Å². The SMILES string of the molecule is C1CCC2(SCCCSC1)SCCCS2. The van der Waals surface area contributed by atoms with E-state index in [1.54, 1.807) is 0 Å². The molecule has 15 heavy (non-hydrogen) atoms. The Kier molecular flexibility index (Phi) is 5.97. The van der Waals surface area contributed by atoms with Gasteiger partial charge in [0.25, 0.3) is 0 Å². The molecule has 2 rings (SSSR count). The van der Waals surface area contributed by atoms with Crippen LogP contribution < -0.4 is 0 Å². The van der Waals surface area contributed by atoms with E-state index in [0.29, 0.717) is 3.41 Å². The monoisotopic (exact) mass is 280 g/mol. The van der Waals surface area contributed by atoms with Crippen LogP contribution in [0.25, 0.3) is 0 Å². The first kappa shape index (κ1) is 12.8. The molecule has 0 bridgehead atoms. The van der Waals surface area contributed by atoms with E-state index < -0.39 is 0 Å². The van der Waals surface area contributed by atoms with E-state index >= 15 is 0 Å². The zero-order valence-electron chi connectivity index (χ0n) is 9.20. The molecule has 2 saturated heterocycles. The molecular weight excluding hydrogens is 260 g/mol. The molecule has 1 spiro atoms. The second-order valence-electron chi connectivity index (χ2n) is 4.00. The van der Waals surface area contributed by atoms with Crippen LogP contribution in [0.15, 0.2) is 0 Å². The number of rotatable bonds is 0. The number of thioether (sulfide) groups is 4. The lowest BCUT2D eigenvalue weighted by Gasteiger charge is -2.36. The van der Waals surface area contributed by atoms with Crippen molar-refractivity contribution in [2.24, 2.45) is 0 Å². The fourth-order valence-corrected chi connectivity index (χ4v) is 8.38. The van der Waals surface area contributed by atoms with E-state index in [0.717, 1.165) is 0 Å². The van der Waals surface area contributed by atoms with Gasteiger partial charge in [-0.1, -0.05) is 0 Å². The average molecular weight is 281 g/mol. The number of hydrogen-bond donors (Lipinski definition) is 0. The predicted molar refractivity (Wildman–Crippen MR) is 80.5 cm³/mol. The fraction of sp³-hybridized carbons (Fsp3) is 1.00. The lowest BCUT2D eigenvalue weighted by Crippen LogP contribution is -2.22. The summed E-state index contributed by atoms with van der Waals surface area (Å²) in [5.74, 6) is 6.96. The maximum Gasteiger partial charge on any atom is 0.106 e. The Hall–Kier alpha value is 1.40. The van der Waals surface area contributed by atoms with Gasteiger partial charge in [0.05, 0.1) is 0 Å². The van der Waals surface area contributed by atoms with Crippen molar-refractivity contribution in [2.45, 2.75) is 35.5 Å². The van der Waals surface area contributed by atoms with Crippen LogP contribution in [-0.4, -0.2) is 32.2 Å². The number of hydrogen-bond acceptors (Lipinski definition) is 4. The summed E-state index contributed by atoms with van der Waals surface area (Å²) < 4.78 is 0.556. The third-order valence-electron chi connectivity index (χ3n) is 2.71. The van der Waals surface area contributed by atoms with Crippen LogP contribution in [0, 0.1) is 0 Å². The van der Waals surface area contributed by atoms with Crippen LogP contribution in [0.1, 0.15) is 32.1 Å². The van der Waals surface area contributed by atoms with Crippen molar-refractivity contribution in [3.8, 4) is 0 Å². The molecule has 4 heteroatoms. The van der Waals surface area contributed by atoms with Crippen LogP contribution >= 0.6 is 47.0 Å². The van der Waals surface area contributed by atoms with Crippen molar-refractivity contribution >= 4 is 47.0 Å². The normalized spacial score (nSPS) is 28.8. The van der Waals surface area contributed by atoms with Gasteiger partial charge in [-0.15, -0.1) is 35.3 Å². The Balaban J connectivity index is 1.87. The van der Waals surface area contributed by atoms with Gasteiger partial charge in [0.2, 0.25) is 0 Å². The zero-order chi connectivity index (χ0) is 10.4. The molecule has 2 aliphatic heterocycles. The van der Waals surface area contributed by atoms with Crippen molar-refractivity contribution in [1.29, 1.82) is 0 Å². The van der Waals surface area contributed by atoms with E-state index in [9.17, 15) is 0 Å². The van der Waals surface area contributed by atoms with Crippen LogP contribution in [0.4, 0.5) is 0 Å². The van der Waals surface area contributed by atoms with Crippen molar-refractivity contribution in [1.82, 2.24) is 0 Å². The predicted octanol–water partition coefficient (Wildman–Crippen LogP) is 4.55. The topological polar surface area (TPSA) is 0 Å². The third-order valence-corrected chi connectivity index (χ3v) is 9.40. The summed E-state index contributed by atoms with van der Waals surface area (Å²) in [4.78, 5) is 0. The molecule has 0 aromatic rings. The highest BCUT2D eigenvalue weighted by Gasteiger charge is 2.33. The molecule has 0 aromatic heterocycles. The van der Waals surface area contributed by atoms with Gasteiger partial charge in [0.1, 0.15) is 3.41 Å². The highest BCUT2D eigenvalue weighted by atomic mass is 32.3. The van der Waals surface area contributed by atoms with Crippen LogP contribution in [0.2, 0.25) is 0 Å². The maximum atomic E-state index is 2.26. The largest absolute Gasteiger partial charge is 0.162 e. The molecule has 0 unspecified atom stereocenters. The van der Waals surface area contributed by atoms with Gasteiger partial charge in [-0.25, -0.2) is 0 Å². The Morgan fingerprint density at radius 2 is 1.20 bits per heavy atom. The molecule has 0 atom stereocenters. The van der Waals surface area contributed by atoms with Crippen molar-refractivity contribution in [3.63, 3.8) is 0 Å². The molecule has 0 amide bonds. The van der Waals surface area contributed by atoms with Gasteiger partial charge in [-0.2, -0.15) is 11.8 Å². The van der Waals surface area contributed by atoms with E-state index in [1.807, 2.05) is 0 Å². The minimum absolute atomic E-state index is 0.556. The van der Waals surface area contributed by atoms with Crippen molar-refractivity contribution in [3.05, 3.63) is 0 Å². The molecule has 0 nitrogen and oxygen atoms in total. The summed E-state index contributed by atoms with van der Waals surface area (Å²) in [5.41, 5.74) is 0. The summed E-state index contributed by atoms with van der Waals surface area (Å²) in [6.07, 6.45) is 7.16. The smallest absolute Gasteiger partial charge is 0.106 e. The minimum atomic E-state index is 0.556. The van der Waals surface area contributed by atoms with Crippen molar-refractivity contribution < 1.29 is 0 Å². The molecule has 2 aliphatic rings. The Bertz CT molecular complexity index is 165. The first-order valence-corrected chi connectivity index (χ1v) is 10.0. The Morgan fingerprint density at radius 1 is 0.600 bits per heavy atom. The highest BCUT2D eigenvalue weighted by molar-refractivity contribution is 8.34. The standard InChI is InChI=1S/C11H20S4/c1-2-6-12-7-3-8-13-11(5-1)14-9-4-10-15-11/h1-10H2. The van der Waals surface area contributed by atoms with Gasteiger partial charge in [-0.05, 0) is 60.9 Å². The van der Waals surface area contributed by atoms with Crippen LogP contribution in [0.5, 0.6) is 0 Å². The molecule has 0 N–H and O–H groups in total. The summed E-state index contributed by atoms with van der Waals surface area (Å²) in [5, 5.41) is 0. The molecule has 0 aromatic carbocycles. The quantitative estimate of drug-likeness (QED) is 0.638. The van der Waals surface area contributed by atoms with E-state index in [4.69, 9.17) is 0 Å². The molecule has 0 radical (unpaired) electrons. The minimum Gasteiger partial charge on any atom is -0.162 e. The molecule has 0 saturated carbocycles.